The molecule has 0 amide bonds. The molecule has 0 N–H and O–H groups in total. The maximum atomic E-state index is 8.81. The van der Waals surface area contributed by atoms with Crippen LogP contribution in [0.15, 0.2) is 48.5 Å². The molecule has 172 valence electrons. The maximum Gasteiger partial charge on any atom is 0.119 e. The van der Waals surface area contributed by atoms with Gasteiger partial charge in [0, 0.05) is 11.1 Å². The van der Waals surface area contributed by atoms with Crippen LogP contribution < -0.4 is 4.74 Å². The van der Waals surface area contributed by atoms with Gasteiger partial charge in [0.1, 0.15) is 5.75 Å². The van der Waals surface area contributed by atoms with Gasteiger partial charge in [0.15, 0.2) is 0 Å². The molecule has 2 rings (SSSR count). The minimum atomic E-state index is 0.632. The molecule has 2 aromatic carbocycles. The molecule has 0 unspecified atom stereocenters. The number of rotatable bonds is 14. The molecular formula is C31H37NO. The van der Waals surface area contributed by atoms with E-state index >= 15 is 0 Å². The van der Waals surface area contributed by atoms with Gasteiger partial charge < -0.3 is 4.74 Å². The first kappa shape index (κ1) is 26.1. The second kappa shape index (κ2) is 17.4. The van der Waals surface area contributed by atoms with Crippen LogP contribution in [0.4, 0.5) is 0 Å². The molecule has 0 saturated heterocycles. The first-order valence-electron chi connectivity index (χ1n) is 12.6. The fourth-order valence-electron chi connectivity index (χ4n) is 3.60. The average molecular weight is 440 g/mol. The van der Waals surface area contributed by atoms with Crippen LogP contribution in [0.3, 0.4) is 0 Å². The van der Waals surface area contributed by atoms with Gasteiger partial charge in [0.25, 0.3) is 0 Å². The third kappa shape index (κ3) is 12.5. The van der Waals surface area contributed by atoms with Crippen molar-refractivity contribution in [3.8, 4) is 35.5 Å². The van der Waals surface area contributed by atoms with Crippen molar-refractivity contribution >= 4 is 0 Å². The lowest BCUT2D eigenvalue weighted by molar-refractivity contribution is 0.304. The number of nitrogens with zero attached hydrogens (tertiary/aromatic N) is 1. The lowest BCUT2D eigenvalue weighted by Crippen LogP contribution is -1.97. The Balaban J connectivity index is 1.53. The van der Waals surface area contributed by atoms with Crippen LogP contribution in [0.2, 0.25) is 0 Å². The van der Waals surface area contributed by atoms with E-state index < -0.39 is 0 Å². The molecule has 0 aliphatic rings. The molecule has 2 heteroatoms. The molecule has 2 nitrogen and oxygen atoms in total. The number of hydrogen-bond donors (Lipinski definition) is 0. The van der Waals surface area contributed by atoms with Crippen molar-refractivity contribution in [2.24, 2.45) is 0 Å². The van der Waals surface area contributed by atoms with Gasteiger partial charge in [-0.1, -0.05) is 89.4 Å². The second-order valence-electron chi connectivity index (χ2n) is 8.45. The molecule has 0 atom stereocenters. The van der Waals surface area contributed by atoms with E-state index in [4.69, 9.17) is 10.00 Å². The van der Waals surface area contributed by atoms with E-state index in [0.717, 1.165) is 29.9 Å². The number of ether oxygens (including phenoxy) is 1. The van der Waals surface area contributed by atoms with Gasteiger partial charge in [0.2, 0.25) is 0 Å². The molecule has 0 heterocycles. The highest BCUT2D eigenvalue weighted by atomic mass is 16.5. The summed E-state index contributed by atoms with van der Waals surface area (Å²) in [4.78, 5) is 0. The third-order valence-electron chi connectivity index (χ3n) is 5.61. The highest BCUT2D eigenvalue weighted by Crippen LogP contribution is 2.14. The van der Waals surface area contributed by atoms with Crippen LogP contribution in [0.25, 0.3) is 0 Å². The van der Waals surface area contributed by atoms with Crippen LogP contribution in [-0.4, -0.2) is 6.61 Å². The topological polar surface area (TPSA) is 33.0 Å². The molecule has 0 radical (unpaired) electrons. The minimum Gasteiger partial charge on any atom is -0.494 e. The lowest BCUT2D eigenvalue weighted by atomic mass is 10.1. The second-order valence-corrected chi connectivity index (χ2v) is 8.45. The van der Waals surface area contributed by atoms with Crippen LogP contribution in [0.1, 0.15) is 101 Å². The van der Waals surface area contributed by atoms with Crippen molar-refractivity contribution in [3.63, 3.8) is 0 Å². The molecular weight excluding hydrogens is 402 g/mol. The highest BCUT2D eigenvalue weighted by Gasteiger charge is 1.96. The van der Waals surface area contributed by atoms with Gasteiger partial charge in [-0.3, -0.25) is 0 Å². The molecule has 33 heavy (non-hydrogen) atoms. The standard InChI is InChI=1S/C31H37NO/c1-2-3-4-5-6-7-8-9-10-11-12-15-26-33-31-24-22-29(23-25-31)17-14-13-16-28-18-20-30(27-32)21-19-28/h18-25H,2-12,15,26H2,1H3. The summed E-state index contributed by atoms with van der Waals surface area (Å²) in [5.41, 5.74) is 2.40. The van der Waals surface area contributed by atoms with Crippen molar-refractivity contribution < 1.29 is 4.74 Å². The molecule has 0 fully saturated rings. The Labute approximate surface area is 201 Å². The highest BCUT2D eigenvalue weighted by molar-refractivity contribution is 5.46. The van der Waals surface area contributed by atoms with Gasteiger partial charge >= 0.3 is 0 Å². The quantitative estimate of drug-likeness (QED) is 0.220. The van der Waals surface area contributed by atoms with Crippen LogP contribution in [0, 0.1) is 35.0 Å². The largest absolute Gasteiger partial charge is 0.494 e. The van der Waals surface area contributed by atoms with Crippen molar-refractivity contribution in [3.05, 3.63) is 65.2 Å². The summed E-state index contributed by atoms with van der Waals surface area (Å²) < 4.78 is 5.86. The zero-order valence-electron chi connectivity index (χ0n) is 20.2. The van der Waals surface area contributed by atoms with E-state index in [1.807, 2.05) is 36.4 Å². The van der Waals surface area contributed by atoms with Gasteiger partial charge in [-0.2, -0.15) is 5.26 Å². The Hall–Kier alpha value is -3.15. The summed E-state index contributed by atoms with van der Waals surface area (Å²) in [5.74, 6) is 12.7. The van der Waals surface area contributed by atoms with E-state index in [9.17, 15) is 0 Å². The molecule has 2 aromatic rings. The normalized spacial score (nSPS) is 9.82. The summed E-state index contributed by atoms with van der Waals surface area (Å²) in [6, 6.07) is 17.1. The molecule has 0 saturated carbocycles. The van der Waals surface area contributed by atoms with Crippen molar-refractivity contribution in [1.29, 1.82) is 5.26 Å². The van der Waals surface area contributed by atoms with Gasteiger partial charge in [-0.15, -0.1) is 0 Å². The zero-order chi connectivity index (χ0) is 23.4. The van der Waals surface area contributed by atoms with Crippen LogP contribution >= 0.6 is 0 Å². The predicted molar refractivity (Wildman–Crippen MR) is 138 cm³/mol. The summed E-state index contributed by atoms with van der Waals surface area (Å²) in [5, 5.41) is 8.81. The SMILES string of the molecule is CCCCCCCCCCCCCCOc1ccc(C#CC#Cc2ccc(C#N)cc2)cc1. The average Bonchev–Trinajstić information content (AvgIpc) is 2.86. The Morgan fingerprint density at radius 2 is 1.00 bits per heavy atom. The third-order valence-corrected chi connectivity index (χ3v) is 5.61. The van der Waals surface area contributed by atoms with E-state index in [1.54, 1.807) is 12.1 Å². The number of benzene rings is 2. The molecule has 0 aliphatic heterocycles. The maximum absolute atomic E-state index is 8.81. The van der Waals surface area contributed by atoms with Crippen molar-refractivity contribution in [1.82, 2.24) is 0 Å². The molecule has 0 aliphatic carbocycles. The molecule has 0 bridgehead atoms. The van der Waals surface area contributed by atoms with Gasteiger partial charge in [-0.05, 0) is 66.8 Å². The first-order valence-corrected chi connectivity index (χ1v) is 12.6. The number of nitriles is 1. The number of unbranched alkanes of at least 4 members (excludes halogenated alkanes) is 11. The van der Waals surface area contributed by atoms with E-state index in [0.29, 0.717) is 5.56 Å². The Morgan fingerprint density at radius 3 is 1.48 bits per heavy atom. The lowest BCUT2D eigenvalue weighted by Gasteiger charge is -2.06. The Bertz CT molecular complexity index is 943. The fraction of sp³-hybridized carbons (Fsp3) is 0.452. The predicted octanol–water partition coefficient (Wildman–Crippen LogP) is 8.04. The number of hydrogen-bond acceptors (Lipinski definition) is 2. The minimum absolute atomic E-state index is 0.632. The Morgan fingerprint density at radius 1 is 0.576 bits per heavy atom. The van der Waals surface area contributed by atoms with Crippen molar-refractivity contribution in [2.45, 2.75) is 84.0 Å². The Kier molecular flexibility index (Phi) is 13.8. The summed E-state index contributed by atoms with van der Waals surface area (Å²) in [7, 11) is 0. The smallest absolute Gasteiger partial charge is 0.119 e. The summed E-state index contributed by atoms with van der Waals surface area (Å²) in [6.45, 7) is 3.05. The van der Waals surface area contributed by atoms with Crippen LogP contribution in [0.5, 0.6) is 5.75 Å². The van der Waals surface area contributed by atoms with Crippen molar-refractivity contribution in [2.75, 3.05) is 6.61 Å². The summed E-state index contributed by atoms with van der Waals surface area (Å²) >= 11 is 0. The van der Waals surface area contributed by atoms with Gasteiger partial charge in [0.05, 0.1) is 18.2 Å². The summed E-state index contributed by atoms with van der Waals surface area (Å²) in [6.07, 6.45) is 16.2. The van der Waals surface area contributed by atoms with Gasteiger partial charge in [-0.25, -0.2) is 0 Å². The monoisotopic (exact) mass is 439 g/mol. The fourth-order valence-corrected chi connectivity index (χ4v) is 3.60. The first-order chi connectivity index (χ1) is 16.3. The molecule has 0 spiro atoms. The van der Waals surface area contributed by atoms with E-state index in [1.165, 1.54) is 70.6 Å². The zero-order valence-corrected chi connectivity index (χ0v) is 20.2. The van der Waals surface area contributed by atoms with E-state index in [-0.39, 0.29) is 0 Å². The van der Waals surface area contributed by atoms with E-state index in [2.05, 4.69) is 36.7 Å². The van der Waals surface area contributed by atoms with Crippen LogP contribution in [-0.2, 0) is 0 Å². The molecule has 0 aromatic heterocycles.